The maximum Gasteiger partial charge on any atom is 0.355 e. The maximum atomic E-state index is 16.2. The van der Waals surface area contributed by atoms with Gasteiger partial charge in [-0.1, -0.05) is 32.0 Å². The molecule has 0 radical (unpaired) electrons. The third kappa shape index (κ3) is 4.86. The van der Waals surface area contributed by atoms with Crippen LogP contribution in [0.2, 0.25) is 0 Å². The summed E-state index contributed by atoms with van der Waals surface area (Å²) in [5.74, 6) is -1.08. The van der Waals surface area contributed by atoms with Crippen LogP contribution in [-0.2, 0) is 4.79 Å². The van der Waals surface area contributed by atoms with Gasteiger partial charge in [0.05, 0.1) is 22.3 Å². The van der Waals surface area contributed by atoms with E-state index in [9.17, 15) is 9.59 Å². The minimum Gasteiger partial charge on any atom is -0.383 e. The topological polar surface area (TPSA) is 95.4 Å². The van der Waals surface area contributed by atoms with E-state index >= 15 is 8.78 Å². The fourth-order valence-corrected chi connectivity index (χ4v) is 6.29. The number of carbonyl (C=O) groups is 1. The number of rotatable bonds is 2. The summed E-state index contributed by atoms with van der Waals surface area (Å²) in [7, 11) is 0. The highest BCUT2D eigenvalue weighted by Gasteiger charge is 2.34. The van der Waals surface area contributed by atoms with Crippen molar-refractivity contribution < 1.29 is 13.6 Å². The quantitative estimate of drug-likeness (QED) is 0.336. The van der Waals surface area contributed by atoms with Crippen LogP contribution in [0.25, 0.3) is 28.0 Å². The zero-order chi connectivity index (χ0) is 30.6. The van der Waals surface area contributed by atoms with Crippen LogP contribution in [0.15, 0.2) is 47.3 Å². The Hall–Kier alpha value is -4.54. The molecule has 43 heavy (non-hydrogen) atoms. The van der Waals surface area contributed by atoms with Crippen molar-refractivity contribution in [1.29, 1.82) is 0 Å². The molecule has 0 saturated carbocycles. The van der Waals surface area contributed by atoms with Gasteiger partial charge in [-0.15, -0.1) is 0 Å². The lowest BCUT2D eigenvalue weighted by molar-refractivity contribution is -0.131. The molecule has 4 heterocycles. The van der Waals surface area contributed by atoms with Gasteiger partial charge in [-0.05, 0) is 49.6 Å². The molecule has 0 aliphatic carbocycles. The fraction of sp³-hybridized carbons (Fsp3) is 0.375. The number of carbonyl (C=O) groups excluding carboxylic acids is 1. The number of anilines is 3. The highest BCUT2D eigenvalue weighted by atomic mass is 19.1. The van der Waals surface area contributed by atoms with Crippen LogP contribution < -0.4 is 21.2 Å². The summed E-state index contributed by atoms with van der Waals surface area (Å²) in [5, 5.41) is 6.97. The zero-order valence-corrected chi connectivity index (χ0v) is 24.9. The minimum atomic E-state index is -0.732. The molecule has 224 valence electrons. The number of benzene rings is 2. The van der Waals surface area contributed by atoms with Gasteiger partial charge >= 0.3 is 5.69 Å². The predicted octanol–water partition coefficient (Wildman–Crippen LogP) is 5.13. The first kappa shape index (κ1) is 28.6. The van der Waals surface area contributed by atoms with Crippen molar-refractivity contribution in [1.82, 2.24) is 19.4 Å². The third-order valence-electron chi connectivity index (χ3n) is 8.38. The largest absolute Gasteiger partial charge is 0.383 e. The summed E-state index contributed by atoms with van der Waals surface area (Å²) in [6, 6.07) is 11.2. The number of hydrogen-bond acceptors (Lipinski definition) is 7. The first-order chi connectivity index (χ1) is 20.6. The lowest BCUT2D eigenvalue weighted by Gasteiger charge is -2.44. The number of piperazine rings is 1. The molecule has 6 rings (SSSR count). The molecule has 1 fully saturated rings. The van der Waals surface area contributed by atoms with Crippen LogP contribution in [0.1, 0.15) is 46.1 Å². The van der Waals surface area contributed by atoms with Crippen molar-refractivity contribution in [2.75, 3.05) is 41.7 Å². The number of halogens is 2. The number of hydrogen-bond donors (Lipinski definition) is 2. The van der Waals surface area contributed by atoms with E-state index in [2.05, 4.69) is 15.6 Å². The number of aromatic nitrogens is 3. The molecule has 2 bridgehead atoms. The van der Waals surface area contributed by atoms with Crippen LogP contribution in [-0.4, -0.2) is 63.6 Å². The van der Waals surface area contributed by atoms with Crippen LogP contribution in [0.3, 0.4) is 0 Å². The Labute approximate surface area is 248 Å². The Morgan fingerprint density at radius 1 is 0.953 bits per heavy atom. The Morgan fingerprint density at radius 3 is 2.37 bits per heavy atom. The zero-order valence-electron chi connectivity index (χ0n) is 24.9. The summed E-state index contributed by atoms with van der Waals surface area (Å²) >= 11 is 0. The van der Waals surface area contributed by atoms with Crippen molar-refractivity contribution in [3.8, 4) is 16.9 Å². The van der Waals surface area contributed by atoms with Crippen molar-refractivity contribution in [3.05, 3.63) is 70.1 Å². The molecule has 9 nitrogen and oxygen atoms in total. The molecule has 2 aliphatic rings. The number of fused-ring (bicyclic) bond motifs is 5. The number of para-hydroxylation sites is 1. The van der Waals surface area contributed by atoms with E-state index in [4.69, 9.17) is 4.98 Å². The molecule has 2 N–H and O–H groups in total. The average Bonchev–Trinajstić information content (AvgIpc) is 2.95. The van der Waals surface area contributed by atoms with Gasteiger partial charge in [0.2, 0.25) is 5.91 Å². The minimum absolute atomic E-state index is 0.00531. The summed E-state index contributed by atoms with van der Waals surface area (Å²) < 4.78 is 33.0. The lowest BCUT2D eigenvalue weighted by atomic mass is 9.99. The Bertz CT molecular complexity index is 1810. The fourth-order valence-electron chi connectivity index (χ4n) is 6.29. The molecular formula is C32H35F2N7O2. The van der Waals surface area contributed by atoms with Crippen LogP contribution in [0.4, 0.5) is 26.0 Å². The molecule has 2 atom stereocenters. The Morgan fingerprint density at radius 2 is 1.65 bits per heavy atom. The van der Waals surface area contributed by atoms with Gasteiger partial charge in [0.1, 0.15) is 17.3 Å². The molecule has 2 aliphatic heterocycles. The average molecular weight is 588 g/mol. The normalized spacial score (nSPS) is 18.4. The number of nitrogens with one attached hydrogen (secondary N) is 2. The molecule has 0 spiro atoms. The second kappa shape index (κ2) is 10.9. The van der Waals surface area contributed by atoms with Crippen molar-refractivity contribution in [3.63, 3.8) is 0 Å². The first-order valence-electron chi connectivity index (χ1n) is 14.6. The van der Waals surface area contributed by atoms with E-state index in [1.165, 1.54) is 23.6 Å². The van der Waals surface area contributed by atoms with Crippen molar-refractivity contribution in [2.45, 2.75) is 52.6 Å². The molecule has 4 aromatic rings. The van der Waals surface area contributed by atoms with Gasteiger partial charge in [-0.2, -0.15) is 4.98 Å². The summed E-state index contributed by atoms with van der Waals surface area (Å²) in [6.45, 7) is 11.2. The van der Waals surface area contributed by atoms with Gasteiger partial charge in [0.25, 0.3) is 0 Å². The van der Waals surface area contributed by atoms with Crippen LogP contribution >= 0.6 is 0 Å². The van der Waals surface area contributed by atoms with E-state index in [1.54, 1.807) is 17.0 Å². The number of nitrogens with zero attached hydrogens (tertiary/aromatic N) is 5. The van der Waals surface area contributed by atoms with E-state index in [0.717, 1.165) is 5.56 Å². The molecule has 2 aromatic heterocycles. The summed E-state index contributed by atoms with van der Waals surface area (Å²) in [5.41, 5.74) is 1.95. The van der Waals surface area contributed by atoms with Crippen molar-refractivity contribution in [2.24, 2.45) is 0 Å². The predicted molar refractivity (Wildman–Crippen MR) is 165 cm³/mol. The van der Waals surface area contributed by atoms with Gasteiger partial charge in [0.15, 0.2) is 11.5 Å². The second-order valence-corrected chi connectivity index (χ2v) is 11.7. The molecule has 2 aromatic carbocycles. The van der Waals surface area contributed by atoms with Gasteiger partial charge in [-0.3, -0.25) is 4.79 Å². The number of amides is 1. The number of pyridine rings is 1. The molecule has 0 unspecified atom stereocenters. The summed E-state index contributed by atoms with van der Waals surface area (Å²) in [6.07, 6.45) is 0. The van der Waals surface area contributed by atoms with E-state index in [-0.39, 0.29) is 46.6 Å². The molecule has 11 heteroatoms. The van der Waals surface area contributed by atoms with Crippen molar-refractivity contribution >= 4 is 34.1 Å². The van der Waals surface area contributed by atoms with Gasteiger partial charge in [-0.25, -0.2) is 23.1 Å². The van der Waals surface area contributed by atoms with E-state index in [1.807, 2.05) is 50.8 Å². The van der Waals surface area contributed by atoms with Gasteiger partial charge in [0, 0.05) is 50.9 Å². The highest BCUT2D eigenvalue weighted by Crippen LogP contribution is 2.38. The molecular weight excluding hydrogens is 552 g/mol. The standard InChI is InChI=1S/C32H35F2N7O2/c1-17(2)21-8-6-11-26-29(21)41-31-22(30(38-32(41)43)40-16-18(3)39(20(5)42)15-19(40)4)14-24(34)28(37-31)27-23(33)9-7-10-25(27)35-12-13-36-26/h6-11,14,17-19,35-36H,12-13,15-16H2,1-5H3/t18-,19+/m1/s1. The smallest absolute Gasteiger partial charge is 0.355 e. The summed E-state index contributed by atoms with van der Waals surface area (Å²) in [4.78, 5) is 39.5. The highest BCUT2D eigenvalue weighted by molar-refractivity contribution is 5.92. The molecule has 1 saturated heterocycles. The Balaban J connectivity index is 1.71. The lowest BCUT2D eigenvalue weighted by Crippen LogP contribution is -2.58. The van der Waals surface area contributed by atoms with Crippen LogP contribution in [0.5, 0.6) is 0 Å². The Kier molecular flexibility index (Phi) is 7.27. The second-order valence-electron chi connectivity index (χ2n) is 11.7. The SMILES string of the molecule is CC(=O)N1C[C@H](C)N(c2nc(=O)n3c4nc(c(F)cc24)-c2c(F)cccc2NCCNc2cccc(C(C)C)c2-3)C[C@H]1C. The van der Waals surface area contributed by atoms with Gasteiger partial charge < -0.3 is 20.4 Å². The van der Waals surface area contributed by atoms with E-state index < -0.39 is 17.3 Å². The third-order valence-corrected chi connectivity index (χ3v) is 8.38. The first-order valence-corrected chi connectivity index (χ1v) is 14.6. The maximum absolute atomic E-state index is 16.2. The van der Waals surface area contributed by atoms with Crippen LogP contribution in [0, 0.1) is 11.6 Å². The molecule has 1 amide bonds. The monoisotopic (exact) mass is 587 g/mol. The van der Waals surface area contributed by atoms with E-state index in [0.29, 0.717) is 48.6 Å².